The van der Waals surface area contributed by atoms with Crippen molar-refractivity contribution < 1.29 is 14.3 Å². The summed E-state index contributed by atoms with van der Waals surface area (Å²) in [6, 6.07) is 10.0. The van der Waals surface area contributed by atoms with Gasteiger partial charge in [0.25, 0.3) is 0 Å². The van der Waals surface area contributed by atoms with Gasteiger partial charge in [-0.1, -0.05) is 18.2 Å². The van der Waals surface area contributed by atoms with Crippen molar-refractivity contribution in [2.45, 2.75) is 24.5 Å². The van der Waals surface area contributed by atoms with E-state index in [9.17, 15) is 9.59 Å². The lowest BCUT2D eigenvalue weighted by Gasteiger charge is -2.40. The van der Waals surface area contributed by atoms with Gasteiger partial charge in [-0.25, -0.2) is 0 Å². The van der Waals surface area contributed by atoms with Crippen LogP contribution in [0.3, 0.4) is 0 Å². The summed E-state index contributed by atoms with van der Waals surface area (Å²) < 4.78 is 5.56. The summed E-state index contributed by atoms with van der Waals surface area (Å²) in [7, 11) is 0. The average molecular weight is 358 g/mol. The monoisotopic (exact) mass is 358 g/mol. The molecule has 1 unspecified atom stereocenters. The predicted octanol–water partition coefficient (Wildman–Crippen LogP) is -0.0276. The van der Waals surface area contributed by atoms with Crippen molar-refractivity contribution in [3.8, 4) is 0 Å². The summed E-state index contributed by atoms with van der Waals surface area (Å²) in [5.41, 5.74) is 0.492. The van der Waals surface area contributed by atoms with Crippen molar-refractivity contribution in [1.29, 1.82) is 0 Å². The fourth-order valence-corrected chi connectivity index (χ4v) is 4.22. The topological polar surface area (TPSA) is 73.9 Å². The predicted molar refractivity (Wildman–Crippen MR) is 98.0 cm³/mol. The standard InChI is InChI=1S/C19H26N4O3/c24-16(17-12-21-10-11-26-17)13-22-14-23(15-4-2-1-3-5-15)19(18(22)25)6-8-20-9-7-19/h1-5,17,20-21H,6-14H2. The summed E-state index contributed by atoms with van der Waals surface area (Å²) in [5, 5.41) is 6.52. The van der Waals surface area contributed by atoms with E-state index in [1.54, 1.807) is 4.90 Å². The lowest BCUT2D eigenvalue weighted by Crippen LogP contribution is -2.56. The van der Waals surface area contributed by atoms with Crippen LogP contribution in [0.25, 0.3) is 0 Å². The van der Waals surface area contributed by atoms with Crippen LogP contribution in [-0.4, -0.2) is 74.2 Å². The molecule has 3 aliphatic rings. The second kappa shape index (κ2) is 7.34. The molecule has 0 radical (unpaired) electrons. The molecule has 4 rings (SSSR count). The van der Waals surface area contributed by atoms with Crippen LogP contribution < -0.4 is 15.5 Å². The summed E-state index contributed by atoms with van der Waals surface area (Å²) >= 11 is 0. The summed E-state index contributed by atoms with van der Waals surface area (Å²) in [6.45, 7) is 4.02. The number of Topliss-reactive ketones (excluding diaryl/α,β-unsaturated/α-hetero) is 1. The molecule has 3 fully saturated rings. The Balaban J connectivity index is 1.55. The molecule has 0 aromatic heterocycles. The van der Waals surface area contributed by atoms with Crippen LogP contribution in [0.1, 0.15) is 12.8 Å². The van der Waals surface area contributed by atoms with E-state index >= 15 is 0 Å². The number of amides is 1. The Hall–Kier alpha value is -1.96. The zero-order chi connectivity index (χ0) is 18.0. The maximum Gasteiger partial charge on any atom is 0.250 e. The lowest BCUT2D eigenvalue weighted by atomic mass is 9.86. The van der Waals surface area contributed by atoms with Crippen LogP contribution in [0.2, 0.25) is 0 Å². The van der Waals surface area contributed by atoms with Gasteiger partial charge in [-0.15, -0.1) is 0 Å². The molecule has 0 aliphatic carbocycles. The van der Waals surface area contributed by atoms with E-state index in [1.807, 2.05) is 30.3 Å². The van der Waals surface area contributed by atoms with Crippen LogP contribution in [-0.2, 0) is 14.3 Å². The minimum atomic E-state index is -0.543. The molecule has 3 saturated heterocycles. The second-order valence-electron chi connectivity index (χ2n) is 7.22. The van der Waals surface area contributed by atoms with Gasteiger partial charge in [-0.3, -0.25) is 9.59 Å². The van der Waals surface area contributed by atoms with Gasteiger partial charge in [0.05, 0.1) is 19.8 Å². The Morgan fingerprint density at radius 3 is 2.62 bits per heavy atom. The van der Waals surface area contributed by atoms with Gasteiger partial charge in [0.1, 0.15) is 11.6 Å². The maximum absolute atomic E-state index is 13.3. The van der Waals surface area contributed by atoms with Gasteiger partial charge in [-0.05, 0) is 38.1 Å². The number of hydrogen-bond donors (Lipinski definition) is 2. The average Bonchev–Trinajstić information content (AvgIpc) is 2.96. The Morgan fingerprint density at radius 2 is 1.92 bits per heavy atom. The molecule has 140 valence electrons. The molecule has 2 N–H and O–H groups in total. The first-order chi connectivity index (χ1) is 12.7. The molecule has 0 bridgehead atoms. The zero-order valence-electron chi connectivity index (χ0n) is 14.9. The molecule has 3 heterocycles. The molecule has 1 atom stereocenters. The molecular weight excluding hydrogens is 332 g/mol. The molecule has 1 aromatic rings. The number of carbonyl (C=O) groups is 2. The molecule has 0 saturated carbocycles. The zero-order valence-corrected chi connectivity index (χ0v) is 14.9. The molecule has 3 aliphatic heterocycles. The number of para-hydroxylation sites is 1. The van der Waals surface area contributed by atoms with E-state index in [2.05, 4.69) is 15.5 Å². The lowest BCUT2D eigenvalue weighted by molar-refractivity contribution is -0.140. The first-order valence-electron chi connectivity index (χ1n) is 9.38. The van der Waals surface area contributed by atoms with E-state index in [0.29, 0.717) is 19.8 Å². The van der Waals surface area contributed by atoms with Gasteiger partial charge in [0.2, 0.25) is 5.91 Å². The Morgan fingerprint density at radius 1 is 1.15 bits per heavy atom. The Bertz CT molecular complexity index is 654. The van der Waals surface area contributed by atoms with Crippen molar-refractivity contribution in [3.63, 3.8) is 0 Å². The first-order valence-corrected chi connectivity index (χ1v) is 9.38. The molecule has 7 heteroatoms. The number of nitrogens with one attached hydrogen (secondary N) is 2. The van der Waals surface area contributed by atoms with Crippen molar-refractivity contribution >= 4 is 17.4 Å². The molecular formula is C19H26N4O3. The Kier molecular flexibility index (Phi) is 4.93. The molecule has 1 aromatic carbocycles. The van der Waals surface area contributed by atoms with E-state index < -0.39 is 11.6 Å². The number of anilines is 1. The number of rotatable bonds is 4. The first kappa shape index (κ1) is 17.5. The highest BCUT2D eigenvalue weighted by molar-refractivity contribution is 5.97. The van der Waals surface area contributed by atoms with Crippen molar-refractivity contribution in [1.82, 2.24) is 15.5 Å². The number of morpholine rings is 1. The largest absolute Gasteiger partial charge is 0.368 e. The van der Waals surface area contributed by atoms with Crippen molar-refractivity contribution in [2.24, 2.45) is 0 Å². The van der Waals surface area contributed by atoms with Crippen LogP contribution in [0.5, 0.6) is 0 Å². The smallest absolute Gasteiger partial charge is 0.250 e. The normalized spacial score (nSPS) is 25.7. The number of carbonyl (C=O) groups excluding carboxylic acids is 2. The fourth-order valence-electron chi connectivity index (χ4n) is 4.22. The third kappa shape index (κ3) is 3.11. The van der Waals surface area contributed by atoms with Gasteiger partial charge in [0.15, 0.2) is 5.78 Å². The third-order valence-electron chi connectivity index (χ3n) is 5.65. The number of ether oxygens (including phenoxy) is 1. The third-order valence-corrected chi connectivity index (χ3v) is 5.65. The van der Waals surface area contributed by atoms with Gasteiger partial charge >= 0.3 is 0 Å². The number of hydrogen-bond acceptors (Lipinski definition) is 6. The highest BCUT2D eigenvalue weighted by Gasteiger charge is 2.53. The minimum absolute atomic E-state index is 0.0236. The maximum atomic E-state index is 13.3. The molecule has 1 spiro atoms. The summed E-state index contributed by atoms with van der Waals surface area (Å²) in [5.74, 6) is 0.0458. The second-order valence-corrected chi connectivity index (χ2v) is 7.22. The SMILES string of the molecule is O=C(CN1CN(c2ccccc2)C2(CCNCC2)C1=O)C1CNCCO1. The highest BCUT2D eigenvalue weighted by Crippen LogP contribution is 2.38. The fraction of sp³-hybridized carbons (Fsp3) is 0.579. The van der Waals surface area contributed by atoms with Crippen LogP contribution in [0.4, 0.5) is 5.69 Å². The number of piperidine rings is 1. The molecule has 1 amide bonds. The van der Waals surface area contributed by atoms with Gasteiger partial charge in [0, 0.05) is 18.8 Å². The number of nitrogens with zero attached hydrogens (tertiary/aromatic N) is 2. The van der Waals surface area contributed by atoms with Crippen LogP contribution >= 0.6 is 0 Å². The number of ketones is 1. The summed E-state index contributed by atoms with van der Waals surface area (Å²) in [4.78, 5) is 29.8. The highest BCUT2D eigenvalue weighted by atomic mass is 16.5. The van der Waals surface area contributed by atoms with Crippen LogP contribution in [0.15, 0.2) is 30.3 Å². The Labute approximate surface area is 153 Å². The van der Waals surface area contributed by atoms with E-state index in [0.717, 1.165) is 38.2 Å². The van der Waals surface area contributed by atoms with Crippen molar-refractivity contribution in [2.75, 3.05) is 50.9 Å². The van der Waals surface area contributed by atoms with E-state index in [4.69, 9.17) is 4.74 Å². The summed E-state index contributed by atoms with van der Waals surface area (Å²) in [6.07, 6.45) is 1.06. The van der Waals surface area contributed by atoms with Crippen molar-refractivity contribution in [3.05, 3.63) is 30.3 Å². The van der Waals surface area contributed by atoms with Gasteiger partial charge < -0.3 is 25.2 Å². The van der Waals surface area contributed by atoms with Crippen LogP contribution in [0, 0.1) is 0 Å². The van der Waals surface area contributed by atoms with E-state index in [1.165, 1.54) is 0 Å². The minimum Gasteiger partial charge on any atom is -0.368 e. The molecule has 26 heavy (non-hydrogen) atoms. The van der Waals surface area contributed by atoms with Gasteiger partial charge in [-0.2, -0.15) is 0 Å². The number of benzene rings is 1. The van der Waals surface area contributed by atoms with E-state index in [-0.39, 0.29) is 18.2 Å². The quantitative estimate of drug-likeness (QED) is 0.788. The molecule has 7 nitrogen and oxygen atoms in total.